The normalized spacial score (nSPS) is 12.2. The summed E-state index contributed by atoms with van der Waals surface area (Å²) in [4.78, 5) is 17.0. The summed E-state index contributed by atoms with van der Waals surface area (Å²) in [6.45, 7) is 4.01. The fraction of sp³-hybridized carbons (Fsp3) is 0.357. The summed E-state index contributed by atoms with van der Waals surface area (Å²) in [5.41, 5.74) is 1.91. The molecule has 7 heteroatoms. The third-order valence-corrected chi connectivity index (χ3v) is 3.98. The zero-order valence-electron chi connectivity index (χ0n) is 12.1. The van der Waals surface area contributed by atoms with Crippen molar-refractivity contribution in [2.75, 3.05) is 11.9 Å². The number of hydrogen-bond acceptors (Lipinski definition) is 6. The van der Waals surface area contributed by atoms with Crippen molar-refractivity contribution in [3.63, 3.8) is 0 Å². The van der Waals surface area contributed by atoms with E-state index in [9.17, 15) is 15.2 Å². The second-order valence-corrected chi connectivity index (χ2v) is 5.96. The highest BCUT2D eigenvalue weighted by Gasteiger charge is 2.19. The Labute approximate surface area is 126 Å². The molecule has 6 nitrogen and oxygen atoms in total. The van der Waals surface area contributed by atoms with Crippen LogP contribution in [0.2, 0.25) is 0 Å². The molecule has 2 aromatic rings. The van der Waals surface area contributed by atoms with Gasteiger partial charge in [-0.1, -0.05) is 6.07 Å². The number of aliphatic hydroxyl groups excluding tert-OH is 1. The van der Waals surface area contributed by atoms with Crippen LogP contribution in [0.5, 0.6) is 0 Å². The predicted molar refractivity (Wildman–Crippen MR) is 82.7 cm³/mol. The maximum Gasteiger partial charge on any atom is 0.292 e. The number of aliphatic hydroxyl groups is 1. The highest BCUT2D eigenvalue weighted by Crippen LogP contribution is 2.31. The minimum absolute atomic E-state index is 0.0112. The van der Waals surface area contributed by atoms with Crippen LogP contribution < -0.4 is 4.90 Å². The Balaban J connectivity index is 2.31. The summed E-state index contributed by atoms with van der Waals surface area (Å²) in [5, 5.41) is 23.7. The van der Waals surface area contributed by atoms with Crippen molar-refractivity contribution in [1.29, 1.82) is 0 Å². The number of rotatable bonds is 5. The minimum atomic E-state index is -0.732. The Kier molecular flexibility index (Phi) is 4.54. The molecule has 0 radical (unpaired) electrons. The number of hydrogen-bond donors (Lipinski definition) is 1. The van der Waals surface area contributed by atoms with Gasteiger partial charge in [-0.25, -0.2) is 4.98 Å². The molecule has 2 rings (SSSR count). The maximum absolute atomic E-state index is 11.2. The summed E-state index contributed by atoms with van der Waals surface area (Å²) in [6.07, 6.45) is -0.732. The van der Waals surface area contributed by atoms with Gasteiger partial charge in [0.25, 0.3) is 5.69 Å². The Bertz CT molecular complexity index is 655. The quantitative estimate of drug-likeness (QED) is 0.678. The lowest BCUT2D eigenvalue weighted by Crippen LogP contribution is -2.18. The summed E-state index contributed by atoms with van der Waals surface area (Å²) in [6, 6.07) is 4.79. The van der Waals surface area contributed by atoms with Gasteiger partial charge in [-0.3, -0.25) is 10.1 Å². The van der Waals surface area contributed by atoms with E-state index in [-0.39, 0.29) is 5.69 Å². The van der Waals surface area contributed by atoms with Gasteiger partial charge in [0, 0.05) is 18.5 Å². The second-order valence-electron chi connectivity index (χ2n) is 4.90. The van der Waals surface area contributed by atoms with Gasteiger partial charge in [-0.05, 0) is 25.5 Å². The van der Waals surface area contributed by atoms with E-state index in [1.165, 1.54) is 6.07 Å². The van der Waals surface area contributed by atoms with Crippen molar-refractivity contribution >= 4 is 22.7 Å². The van der Waals surface area contributed by atoms with Gasteiger partial charge in [0.2, 0.25) is 0 Å². The molecule has 1 unspecified atom stereocenters. The van der Waals surface area contributed by atoms with Gasteiger partial charge in [-0.15, -0.1) is 11.3 Å². The molecule has 1 atom stereocenters. The van der Waals surface area contributed by atoms with Gasteiger partial charge in [0.1, 0.15) is 5.69 Å². The standard InChI is InChI=1S/C14H17N3O3S/c1-9(18)11-4-5-13(14(6-11)17(19)20)16(3)7-12-8-21-10(2)15-12/h4-6,8-9,18H,7H2,1-3H3. The largest absolute Gasteiger partial charge is 0.389 e. The van der Waals surface area contributed by atoms with Crippen LogP contribution in [-0.4, -0.2) is 22.1 Å². The van der Waals surface area contributed by atoms with Crippen LogP contribution in [-0.2, 0) is 6.54 Å². The summed E-state index contributed by atoms with van der Waals surface area (Å²) >= 11 is 1.55. The van der Waals surface area contributed by atoms with Crippen LogP contribution in [0.1, 0.15) is 29.3 Å². The predicted octanol–water partition coefficient (Wildman–Crippen LogP) is 3.05. The molecule has 0 spiro atoms. The number of aromatic nitrogens is 1. The molecular weight excluding hydrogens is 290 g/mol. The topological polar surface area (TPSA) is 79.5 Å². The van der Waals surface area contributed by atoms with Crippen molar-refractivity contribution in [3.05, 3.63) is 50.0 Å². The lowest BCUT2D eigenvalue weighted by molar-refractivity contribution is -0.384. The van der Waals surface area contributed by atoms with Crippen molar-refractivity contribution in [2.45, 2.75) is 26.5 Å². The van der Waals surface area contributed by atoms with Gasteiger partial charge in [0.05, 0.1) is 28.3 Å². The molecule has 1 aromatic carbocycles. The molecule has 1 heterocycles. The first-order valence-corrected chi connectivity index (χ1v) is 7.35. The molecule has 0 aliphatic carbocycles. The first-order valence-electron chi connectivity index (χ1n) is 6.47. The molecule has 0 bridgehead atoms. The minimum Gasteiger partial charge on any atom is -0.389 e. The number of nitro groups is 1. The zero-order valence-corrected chi connectivity index (χ0v) is 12.9. The Morgan fingerprint density at radius 2 is 2.24 bits per heavy atom. The van der Waals surface area contributed by atoms with Gasteiger partial charge < -0.3 is 10.0 Å². The number of benzene rings is 1. The van der Waals surface area contributed by atoms with Crippen LogP contribution >= 0.6 is 11.3 Å². The van der Waals surface area contributed by atoms with E-state index >= 15 is 0 Å². The molecule has 0 saturated heterocycles. The molecule has 1 aromatic heterocycles. The van der Waals surface area contributed by atoms with E-state index < -0.39 is 11.0 Å². The number of thiazole rings is 1. The number of nitrogens with zero attached hydrogens (tertiary/aromatic N) is 3. The van der Waals surface area contributed by atoms with Crippen LogP contribution in [0.25, 0.3) is 0 Å². The summed E-state index contributed by atoms with van der Waals surface area (Å²) in [7, 11) is 1.79. The Morgan fingerprint density at radius 1 is 1.52 bits per heavy atom. The average Bonchev–Trinajstić information content (AvgIpc) is 2.83. The molecule has 0 fully saturated rings. The van der Waals surface area contributed by atoms with Crippen LogP contribution in [0.4, 0.5) is 11.4 Å². The van der Waals surface area contributed by atoms with Crippen molar-refractivity contribution < 1.29 is 10.0 Å². The average molecular weight is 307 g/mol. The maximum atomic E-state index is 11.2. The van der Waals surface area contributed by atoms with Crippen LogP contribution in [0.15, 0.2) is 23.6 Å². The Morgan fingerprint density at radius 3 is 2.76 bits per heavy atom. The van der Waals surface area contributed by atoms with Gasteiger partial charge in [0.15, 0.2) is 0 Å². The highest BCUT2D eigenvalue weighted by atomic mass is 32.1. The molecule has 0 aliphatic rings. The van der Waals surface area contributed by atoms with Crippen LogP contribution in [0, 0.1) is 17.0 Å². The first-order chi connectivity index (χ1) is 9.88. The first kappa shape index (κ1) is 15.4. The third-order valence-electron chi connectivity index (χ3n) is 3.16. The second kappa shape index (κ2) is 6.19. The zero-order chi connectivity index (χ0) is 15.6. The fourth-order valence-corrected chi connectivity index (χ4v) is 2.68. The number of aryl methyl sites for hydroxylation is 1. The van der Waals surface area contributed by atoms with Gasteiger partial charge in [-0.2, -0.15) is 0 Å². The summed E-state index contributed by atoms with van der Waals surface area (Å²) in [5.74, 6) is 0. The van der Waals surface area contributed by atoms with Crippen molar-refractivity contribution in [2.24, 2.45) is 0 Å². The summed E-state index contributed by atoms with van der Waals surface area (Å²) < 4.78 is 0. The van der Waals surface area contributed by atoms with Crippen LogP contribution in [0.3, 0.4) is 0 Å². The molecule has 112 valence electrons. The Hall–Kier alpha value is -1.99. The van der Waals surface area contributed by atoms with Gasteiger partial charge >= 0.3 is 0 Å². The SMILES string of the molecule is Cc1nc(CN(C)c2ccc(C(C)O)cc2[N+](=O)[O-])cs1. The smallest absolute Gasteiger partial charge is 0.292 e. The van der Waals surface area contributed by atoms with E-state index in [1.807, 2.05) is 12.3 Å². The molecule has 1 N–H and O–H groups in total. The number of nitro benzene ring substituents is 1. The monoisotopic (exact) mass is 307 g/mol. The highest BCUT2D eigenvalue weighted by molar-refractivity contribution is 7.09. The van der Waals surface area contributed by atoms with E-state index in [0.29, 0.717) is 17.8 Å². The van der Waals surface area contributed by atoms with E-state index in [0.717, 1.165) is 10.7 Å². The molecule has 0 amide bonds. The lowest BCUT2D eigenvalue weighted by Gasteiger charge is -2.19. The number of anilines is 1. The fourth-order valence-electron chi connectivity index (χ4n) is 2.08. The van der Waals surface area contributed by atoms with E-state index in [4.69, 9.17) is 0 Å². The van der Waals surface area contributed by atoms with Crippen molar-refractivity contribution in [3.8, 4) is 0 Å². The molecule has 0 aliphatic heterocycles. The van der Waals surface area contributed by atoms with Crippen molar-refractivity contribution in [1.82, 2.24) is 4.98 Å². The van der Waals surface area contributed by atoms with E-state index in [1.54, 1.807) is 42.3 Å². The molecular formula is C14H17N3O3S. The molecule has 21 heavy (non-hydrogen) atoms. The van der Waals surface area contributed by atoms with E-state index in [2.05, 4.69) is 4.98 Å². The lowest BCUT2D eigenvalue weighted by atomic mass is 10.1. The third kappa shape index (κ3) is 3.56. The molecule has 0 saturated carbocycles.